The fraction of sp³-hybridized carbons (Fsp3) is 0.400. The Kier molecular flexibility index (Phi) is 6.01. The highest BCUT2D eigenvalue weighted by Crippen LogP contribution is 2.27. The van der Waals surface area contributed by atoms with Gasteiger partial charge in [-0.3, -0.25) is 9.59 Å². The minimum Gasteiger partial charge on any atom is -0.493 e. The van der Waals surface area contributed by atoms with Gasteiger partial charge in [0, 0.05) is 25.2 Å². The third-order valence-electron chi connectivity index (χ3n) is 4.83. The normalized spacial score (nSPS) is 14.7. The van der Waals surface area contributed by atoms with E-state index in [1.54, 1.807) is 42.3 Å². The van der Waals surface area contributed by atoms with Crippen LogP contribution in [-0.4, -0.2) is 50.6 Å². The molecule has 3 rings (SSSR count). The van der Waals surface area contributed by atoms with E-state index in [4.69, 9.17) is 13.9 Å². The molecule has 1 fully saturated rings. The van der Waals surface area contributed by atoms with Crippen LogP contribution >= 0.6 is 0 Å². The summed E-state index contributed by atoms with van der Waals surface area (Å²) in [5.74, 6) is 1.60. The molecule has 0 bridgehead atoms. The lowest BCUT2D eigenvalue weighted by Crippen LogP contribution is -2.41. The average molecular weight is 372 g/mol. The second-order valence-electron chi connectivity index (χ2n) is 6.49. The Balaban J connectivity index is 1.48. The van der Waals surface area contributed by atoms with Gasteiger partial charge < -0.3 is 24.1 Å². The van der Waals surface area contributed by atoms with E-state index < -0.39 is 0 Å². The Morgan fingerprint density at radius 2 is 1.89 bits per heavy atom. The first kappa shape index (κ1) is 18.8. The highest BCUT2D eigenvalue weighted by molar-refractivity contribution is 5.95. The molecule has 7 heteroatoms. The Morgan fingerprint density at radius 1 is 1.15 bits per heavy atom. The predicted molar refractivity (Wildman–Crippen MR) is 99.2 cm³/mol. The molecule has 0 atom stereocenters. The van der Waals surface area contributed by atoms with Crippen molar-refractivity contribution in [1.29, 1.82) is 0 Å². The van der Waals surface area contributed by atoms with Gasteiger partial charge in [0.1, 0.15) is 0 Å². The van der Waals surface area contributed by atoms with Crippen molar-refractivity contribution in [2.75, 3.05) is 33.9 Å². The smallest absolute Gasteiger partial charge is 0.289 e. The maximum Gasteiger partial charge on any atom is 0.289 e. The SMILES string of the molecule is COc1ccc(C(=O)NCC2CCN(C(=O)c3ccco3)CC2)cc1OC. The van der Waals surface area contributed by atoms with Gasteiger partial charge in [0.05, 0.1) is 20.5 Å². The molecule has 1 saturated heterocycles. The first-order valence-electron chi connectivity index (χ1n) is 8.95. The molecule has 0 aliphatic carbocycles. The van der Waals surface area contributed by atoms with Crippen LogP contribution in [0.25, 0.3) is 0 Å². The van der Waals surface area contributed by atoms with Gasteiger partial charge in [-0.05, 0) is 49.1 Å². The molecular weight excluding hydrogens is 348 g/mol. The fourth-order valence-corrected chi connectivity index (χ4v) is 3.21. The van der Waals surface area contributed by atoms with Gasteiger partial charge in [0.2, 0.25) is 0 Å². The van der Waals surface area contributed by atoms with Gasteiger partial charge >= 0.3 is 0 Å². The topological polar surface area (TPSA) is 81.0 Å². The van der Waals surface area contributed by atoms with Crippen molar-refractivity contribution in [2.45, 2.75) is 12.8 Å². The maximum atomic E-state index is 12.4. The van der Waals surface area contributed by atoms with Crippen molar-refractivity contribution >= 4 is 11.8 Å². The largest absolute Gasteiger partial charge is 0.493 e. The lowest BCUT2D eigenvalue weighted by atomic mass is 9.96. The van der Waals surface area contributed by atoms with Crippen molar-refractivity contribution in [3.63, 3.8) is 0 Å². The number of amides is 2. The van der Waals surface area contributed by atoms with Crippen LogP contribution in [0.1, 0.15) is 33.8 Å². The zero-order chi connectivity index (χ0) is 19.2. The summed E-state index contributed by atoms with van der Waals surface area (Å²) in [6.45, 7) is 1.91. The van der Waals surface area contributed by atoms with Crippen LogP contribution < -0.4 is 14.8 Å². The molecule has 27 heavy (non-hydrogen) atoms. The number of nitrogens with zero attached hydrogens (tertiary/aromatic N) is 1. The molecule has 2 amide bonds. The Labute approximate surface area is 158 Å². The van der Waals surface area contributed by atoms with Crippen LogP contribution in [0.4, 0.5) is 0 Å². The van der Waals surface area contributed by atoms with Gasteiger partial charge in [0.25, 0.3) is 11.8 Å². The zero-order valence-corrected chi connectivity index (χ0v) is 15.6. The summed E-state index contributed by atoms with van der Waals surface area (Å²) in [5.41, 5.74) is 0.526. The summed E-state index contributed by atoms with van der Waals surface area (Å²) in [5, 5.41) is 2.97. The van der Waals surface area contributed by atoms with Crippen LogP contribution in [0.2, 0.25) is 0 Å². The second kappa shape index (κ2) is 8.62. The van der Waals surface area contributed by atoms with Gasteiger partial charge in [-0.25, -0.2) is 0 Å². The van der Waals surface area contributed by atoms with Crippen LogP contribution in [0.15, 0.2) is 41.0 Å². The summed E-state index contributed by atoms with van der Waals surface area (Å²) >= 11 is 0. The number of carbonyl (C=O) groups excluding carboxylic acids is 2. The molecule has 1 N–H and O–H groups in total. The van der Waals surface area contributed by atoms with Crippen LogP contribution in [0.3, 0.4) is 0 Å². The van der Waals surface area contributed by atoms with Gasteiger partial charge in [-0.1, -0.05) is 0 Å². The minimum atomic E-state index is -0.148. The summed E-state index contributed by atoms with van der Waals surface area (Å²) in [4.78, 5) is 26.5. The van der Waals surface area contributed by atoms with E-state index in [9.17, 15) is 9.59 Å². The molecule has 0 saturated carbocycles. The third-order valence-corrected chi connectivity index (χ3v) is 4.83. The number of benzene rings is 1. The van der Waals surface area contributed by atoms with Crippen molar-refractivity contribution < 1.29 is 23.5 Å². The first-order chi connectivity index (χ1) is 13.1. The number of furan rings is 1. The lowest BCUT2D eigenvalue weighted by molar-refractivity contribution is 0.0653. The van der Waals surface area contributed by atoms with E-state index in [0.717, 1.165) is 12.8 Å². The Hall–Kier alpha value is -2.96. The van der Waals surface area contributed by atoms with E-state index >= 15 is 0 Å². The summed E-state index contributed by atoms with van der Waals surface area (Å²) in [6, 6.07) is 8.48. The van der Waals surface area contributed by atoms with Crippen molar-refractivity contribution in [2.24, 2.45) is 5.92 Å². The lowest BCUT2D eigenvalue weighted by Gasteiger charge is -2.31. The average Bonchev–Trinajstić information content (AvgIpc) is 3.26. The number of carbonyl (C=O) groups is 2. The van der Waals surface area contributed by atoms with E-state index in [1.807, 2.05) is 0 Å². The predicted octanol–water partition coefficient (Wildman–Crippen LogP) is 2.58. The molecule has 0 spiro atoms. The Morgan fingerprint density at radius 3 is 2.52 bits per heavy atom. The number of likely N-dealkylation sites (tertiary alicyclic amines) is 1. The van der Waals surface area contributed by atoms with Gasteiger partial charge in [-0.15, -0.1) is 0 Å². The summed E-state index contributed by atoms with van der Waals surface area (Å²) in [7, 11) is 3.10. The number of piperidine rings is 1. The standard InChI is InChI=1S/C20H24N2O5/c1-25-16-6-5-15(12-18(16)26-2)19(23)21-13-14-7-9-22(10-8-14)20(24)17-4-3-11-27-17/h3-6,11-12,14H,7-10,13H2,1-2H3,(H,21,23). The maximum absolute atomic E-state index is 12.4. The van der Waals surface area contributed by atoms with Crippen molar-refractivity contribution in [3.8, 4) is 11.5 Å². The highest BCUT2D eigenvalue weighted by atomic mass is 16.5. The molecule has 1 aliphatic heterocycles. The van der Waals surface area contributed by atoms with E-state index in [2.05, 4.69) is 5.32 Å². The molecule has 2 heterocycles. The number of hydrogen-bond donors (Lipinski definition) is 1. The quantitative estimate of drug-likeness (QED) is 0.843. The number of ether oxygens (including phenoxy) is 2. The molecule has 144 valence electrons. The van der Waals surface area contributed by atoms with Crippen LogP contribution in [0.5, 0.6) is 11.5 Å². The van der Waals surface area contributed by atoms with Crippen molar-refractivity contribution in [3.05, 3.63) is 47.9 Å². The Bertz CT molecular complexity index is 780. The molecule has 1 aromatic carbocycles. The third kappa shape index (κ3) is 4.42. The number of nitrogens with one attached hydrogen (secondary N) is 1. The zero-order valence-electron chi connectivity index (χ0n) is 15.6. The second-order valence-corrected chi connectivity index (χ2v) is 6.49. The van der Waals surface area contributed by atoms with Crippen LogP contribution in [0, 0.1) is 5.92 Å². The van der Waals surface area contributed by atoms with E-state index in [-0.39, 0.29) is 11.8 Å². The molecule has 0 radical (unpaired) electrons. The number of methoxy groups -OCH3 is 2. The summed E-state index contributed by atoms with van der Waals surface area (Å²) in [6.07, 6.45) is 3.20. The molecule has 1 aromatic heterocycles. The van der Waals surface area contributed by atoms with E-state index in [1.165, 1.54) is 13.4 Å². The number of rotatable bonds is 6. The van der Waals surface area contributed by atoms with Gasteiger partial charge in [0.15, 0.2) is 17.3 Å². The van der Waals surface area contributed by atoms with Crippen molar-refractivity contribution in [1.82, 2.24) is 10.2 Å². The monoisotopic (exact) mass is 372 g/mol. The molecule has 0 unspecified atom stereocenters. The molecular formula is C20H24N2O5. The molecule has 2 aromatic rings. The number of hydrogen-bond acceptors (Lipinski definition) is 5. The molecule has 1 aliphatic rings. The van der Waals surface area contributed by atoms with Crippen LogP contribution in [-0.2, 0) is 0 Å². The minimum absolute atomic E-state index is 0.0761. The van der Waals surface area contributed by atoms with E-state index in [0.29, 0.717) is 48.4 Å². The fourth-order valence-electron chi connectivity index (χ4n) is 3.21. The highest BCUT2D eigenvalue weighted by Gasteiger charge is 2.25. The summed E-state index contributed by atoms with van der Waals surface area (Å²) < 4.78 is 15.6. The first-order valence-corrected chi connectivity index (χ1v) is 8.95. The van der Waals surface area contributed by atoms with Gasteiger partial charge in [-0.2, -0.15) is 0 Å². The molecule has 7 nitrogen and oxygen atoms in total.